The molecule has 16 heavy (non-hydrogen) atoms. The third-order valence-corrected chi connectivity index (χ3v) is 2.37. The fourth-order valence-electron chi connectivity index (χ4n) is 1.32. The predicted molar refractivity (Wildman–Crippen MR) is 63.9 cm³/mol. The van der Waals surface area contributed by atoms with Gasteiger partial charge in [-0.3, -0.25) is 0 Å². The highest BCUT2D eigenvalue weighted by Gasteiger charge is 1.97. The molecular formula is C13H11ClO2. The zero-order valence-electron chi connectivity index (χ0n) is 8.56. The minimum atomic E-state index is 0.256. The number of hydrogen-bond acceptors (Lipinski definition) is 2. The Balaban J connectivity index is 1.99. The lowest BCUT2D eigenvalue weighted by molar-refractivity contribution is 0.306. The number of halogens is 1. The van der Waals surface area contributed by atoms with Gasteiger partial charge < -0.3 is 9.84 Å². The van der Waals surface area contributed by atoms with Crippen LogP contribution in [0.2, 0.25) is 5.02 Å². The summed E-state index contributed by atoms with van der Waals surface area (Å²) in [4.78, 5) is 0. The number of phenols is 1. The lowest BCUT2D eigenvalue weighted by atomic mass is 10.2. The summed E-state index contributed by atoms with van der Waals surface area (Å²) < 4.78 is 5.55. The van der Waals surface area contributed by atoms with Crippen molar-refractivity contribution in [2.75, 3.05) is 0 Å². The Morgan fingerprint density at radius 1 is 1.06 bits per heavy atom. The van der Waals surface area contributed by atoms with E-state index >= 15 is 0 Å². The maximum Gasteiger partial charge on any atom is 0.121 e. The number of ether oxygens (including phenoxy) is 1. The molecule has 0 atom stereocenters. The second-order valence-electron chi connectivity index (χ2n) is 3.41. The minimum absolute atomic E-state index is 0.256. The summed E-state index contributed by atoms with van der Waals surface area (Å²) in [6, 6.07) is 14.2. The Labute approximate surface area is 99.1 Å². The van der Waals surface area contributed by atoms with Gasteiger partial charge in [0.25, 0.3) is 0 Å². The first-order valence-corrected chi connectivity index (χ1v) is 5.28. The smallest absolute Gasteiger partial charge is 0.121 e. The van der Waals surface area contributed by atoms with E-state index in [9.17, 15) is 0 Å². The summed E-state index contributed by atoms with van der Waals surface area (Å²) in [6.45, 7) is 0.459. The first kappa shape index (κ1) is 10.8. The van der Waals surface area contributed by atoms with Crippen molar-refractivity contribution >= 4 is 11.6 Å². The molecule has 0 amide bonds. The minimum Gasteiger partial charge on any atom is -0.508 e. The highest BCUT2D eigenvalue weighted by Crippen LogP contribution is 2.18. The van der Waals surface area contributed by atoms with Gasteiger partial charge in [0, 0.05) is 5.02 Å². The van der Waals surface area contributed by atoms with Crippen LogP contribution in [0.4, 0.5) is 0 Å². The number of rotatable bonds is 3. The second kappa shape index (κ2) is 4.90. The molecular weight excluding hydrogens is 224 g/mol. The normalized spacial score (nSPS) is 10.1. The molecule has 0 aliphatic carbocycles. The van der Waals surface area contributed by atoms with Gasteiger partial charge in [-0.2, -0.15) is 0 Å². The van der Waals surface area contributed by atoms with Crippen molar-refractivity contribution in [3.63, 3.8) is 0 Å². The molecule has 0 heterocycles. The van der Waals surface area contributed by atoms with Gasteiger partial charge >= 0.3 is 0 Å². The van der Waals surface area contributed by atoms with Crippen molar-refractivity contribution in [3.8, 4) is 11.5 Å². The number of hydrogen-bond donors (Lipinski definition) is 1. The number of benzene rings is 2. The Morgan fingerprint density at radius 3 is 2.50 bits per heavy atom. The van der Waals surface area contributed by atoms with Gasteiger partial charge in [0.15, 0.2) is 0 Å². The van der Waals surface area contributed by atoms with E-state index in [0.717, 1.165) is 11.3 Å². The lowest BCUT2D eigenvalue weighted by Crippen LogP contribution is -1.94. The molecule has 0 saturated carbocycles. The highest BCUT2D eigenvalue weighted by atomic mass is 35.5. The molecule has 0 aliphatic rings. The molecule has 0 aliphatic heterocycles. The van der Waals surface area contributed by atoms with Crippen LogP contribution in [0.15, 0.2) is 48.5 Å². The summed E-state index contributed by atoms with van der Waals surface area (Å²) in [5.74, 6) is 0.993. The molecule has 3 heteroatoms. The van der Waals surface area contributed by atoms with Crippen LogP contribution >= 0.6 is 11.6 Å². The van der Waals surface area contributed by atoms with Crippen LogP contribution < -0.4 is 4.74 Å². The van der Waals surface area contributed by atoms with E-state index in [4.69, 9.17) is 21.4 Å². The van der Waals surface area contributed by atoms with Gasteiger partial charge in [-0.25, -0.2) is 0 Å². The van der Waals surface area contributed by atoms with Gasteiger partial charge in [0.1, 0.15) is 18.1 Å². The molecule has 2 aromatic rings. The van der Waals surface area contributed by atoms with Crippen LogP contribution in [0.5, 0.6) is 11.5 Å². The standard InChI is InChI=1S/C13H11ClO2/c14-11-2-1-3-13(8-11)16-9-10-4-6-12(15)7-5-10/h1-8,15H,9H2. The monoisotopic (exact) mass is 234 g/mol. The third kappa shape index (κ3) is 2.91. The first-order valence-electron chi connectivity index (χ1n) is 4.90. The van der Waals surface area contributed by atoms with E-state index in [1.54, 1.807) is 24.3 Å². The quantitative estimate of drug-likeness (QED) is 0.879. The van der Waals surface area contributed by atoms with E-state index in [1.165, 1.54) is 0 Å². The lowest BCUT2D eigenvalue weighted by Gasteiger charge is -2.06. The summed E-state index contributed by atoms with van der Waals surface area (Å²) in [5.41, 5.74) is 0.998. The largest absolute Gasteiger partial charge is 0.508 e. The van der Waals surface area contributed by atoms with Crippen molar-refractivity contribution in [3.05, 3.63) is 59.1 Å². The van der Waals surface area contributed by atoms with E-state index in [-0.39, 0.29) is 5.75 Å². The van der Waals surface area contributed by atoms with E-state index in [1.807, 2.05) is 24.3 Å². The maximum atomic E-state index is 9.12. The Hall–Kier alpha value is -1.67. The van der Waals surface area contributed by atoms with E-state index in [0.29, 0.717) is 11.6 Å². The van der Waals surface area contributed by atoms with Crippen molar-refractivity contribution in [1.29, 1.82) is 0 Å². The molecule has 0 fully saturated rings. The average Bonchev–Trinajstić information content (AvgIpc) is 2.28. The summed E-state index contributed by atoms with van der Waals surface area (Å²) >= 11 is 5.83. The summed E-state index contributed by atoms with van der Waals surface area (Å²) in [5, 5.41) is 9.78. The van der Waals surface area contributed by atoms with Crippen LogP contribution in [0, 0.1) is 0 Å². The predicted octanol–water partition coefficient (Wildman–Crippen LogP) is 3.62. The van der Waals surface area contributed by atoms with Gasteiger partial charge in [-0.1, -0.05) is 29.8 Å². The first-order chi connectivity index (χ1) is 7.74. The van der Waals surface area contributed by atoms with Crippen LogP contribution in [0.3, 0.4) is 0 Å². The molecule has 2 aromatic carbocycles. The molecule has 0 spiro atoms. The number of aromatic hydroxyl groups is 1. The van der Waals surface area contributed by atoms with Crippen LogP contribution in [0.25, 0.3) is 0 Å². The van der Waals surface area contributed by atoms with Gasteiger partial charge in [-0.05, 0) is 35.9 Å². The van der Waals surface area contributed by atoms with Crippen molar-refractivity contribution in [2.45, 2.75) is 6.61 Å². The topological polar surface area (TPSA) is 29.5 Å². The molecule has 1 N–H and O–H groups in total. The van der Waals surface area contributed by atoms with Crippen LogP contribution in [-0.4, -0.2) is 5.11 Å². The highest BCUT2D eigenvalue weighted by molar-refractivity contribution is 6.30. The molecule has 0 radical (unpaired) electrons. The SMILES string of the molecule is Oc1ccc(COc2cccc(Cl)c2)cc1. The van der Waals surface area contributed by atoms with Gasteiger partial charge in [-0.15, -0.1) is 0 Å². The molecule has 0 bridgehead atoms. The molecule has 0 aromatic heterocycles. The van der Waals surface area contributed by atoms with Crippen molar-refractivity contribution in [1.82, 2.24) is 0 Å². The Morgan fingerprint density at radius 2 is 1.81 bits per heavy atom. The summed E-state index contributed by atoms with van der Waals surface area (Å²) in [6.07, 6.45) is 0. The Kier molecular flexibility index (Phi) is 3.32. The van der Waals surface area contributed by atoms with Crippen LogP contribution in [-0.2, 0) is 6.61 Å². The van der Waals surface area contributed by atoms with E-state index in [2.05, 4.69) is 0 Å². The number of phenolic OH excluding ortho intramolecular Hbond substituents is 1. The van der Waals surface area contributed by atoms with Gasteiger partial charge in [0.05, 0.1) is 0 Å². The molecule has 2 rings (SSSR count). The molecule has 0 unspecified atom stereocenters. The summed E-state index contributed by atoms with van der Waals surface area (Å²) in [7, 11) is 0. The zero-order valence-corrected chi connectivity index (χ0v) is 9.32. The zero-order chi connectivity index (χ0) is 11.4. The van der Waals surface area contributed by atoms with Gasteiger partial charge in [0.2, 0.25) is 0 Å². The molecule has 2 nitrogen and oxygen atoms in total. The second-order valence-corrected chi connectivity index (χ2v) is 3.85. The molecule has 0 saturated heterocycles. The van der Waals surface area contributed by atoms with E-state index < -0.39 is 0 Å². The fourth-order valence-corrected chi connectivity index (χ4v) is 1.50. The maximum absolute atomic E-state index is 9.12. The average molecular weight is 235 g/mol. The van der Waals surface area contributed by atoms with Crippen LogP contribution in [0.1, 0.15) is 5.56 Å². The van der Waals surface area contributed by atoms with Crippen molar-refractivity contribution < 1.29 is 9.84 Å². The van der Waals surface area contributed by atoms with Crippen molar-refractivity contribution in [2.24, 2.45) is 0 Å². The Bertz CT molecular complexity index is 466. The third-order valence-electron chi connectivity index (χ3n) is 2.14. The molecule has 82 valence electrons. The fraction of sp³-hybridized carbons (Fsp3) is 0.0769.